The quantitative estimate of drug-likeness (QED) is 0.273. The highest BCUT2D eigenvalue weighted by atomic mass is 35.5. The molecule has 1 amide bonds. The van der Waals surface area contributed by atoms with E-state index >= 15 is 0 Å². The van der Waals surface area contributed by atoms with E-state index in [4.69, 9.17) is 23.2 Å². The summed E-state index contributed by atoms with van der Waals surface area (Å²) in [5.41, 5.74) is 5.21. The first-order valence-electron chi connectivity index (χ1n) is 12.8. The minimum atomic E-state index is -1.05. The average molecular weight is 570 g/mol. The molecular formula is C30H25Cl2N7O. The van der Waals surface area contributed by atoms with Crippen molar-refractivity contribution in [2.24, 2.45) is 7.05 Å². The van der Waals surface area contributed by atoms with Crippen LogP contribution in [0.2, 0.25) is 10.0 Å². The predicted octanol–water partition coefficient (Wildman–Crippen LogP) is 5.53. The lowest BCUT2D eigenvalue weighted by Crippen LogP contribution is -2.48. The maximum atomic E-state index is 12.8. The highest BCUT2D eigenvalue weighted by Crippen LogP contribution is 2.39. The van der Waals surface area contributed by atoms with Gasteiger partial charge >= 0.3 is 0 Å². The van der Waals surface area contributed by atoms with Gasteiger partial charge in [-0.3, -0.25) is 4.79 Å². The smallest absolute Gasteiger partial charge is 0.218 e. The second kappa shape index (κ2) is 10.4. The molecule has 1 N–H and O–H groups in total. The van der Waals surface area contributed by atoms with Gasteiger partial charge in [-0.15, -0.1) is 5.10 Å². The molecule has 0 saturated carbocycles. The lowest BCUT2D eigenvalue weighted by Gasteiger charge is -2.36. The number of imidazole rings is 1. The lowest BCUT2D eigenvalue weighted by molar-refractivity contribution is -0.120. The molecular weight excluding hydrogens is 545 g/mol. The van der Waals surface area contributed by atoms with Crippen LogP contribution in [0.25, 0.3) is 16.6 Å². The number of aryl methyl sites for hydroxylation is 3. The first-order valence-corrected chi connectivity index (χ1v) is 13.5. The molecule has 3 heterocycles. The van der Waals surface area contributed by atoms with Crippen molar-refractivity contribution in [2.75, 3.05) is 0 Å². The average Bonchev–Trinajstić information content (AvgIpc) is 3.59. The summed E-state index contributed by atoms with van der Waals surface area (Å²) in [6.45, 7) is 1.52. The first kappa shape index (κ1) is 26.0. The van der Waals surface area contributed by atoms with Gasteiger partial charge in [-0.2, -0.15) is 4.52 Å². The SMILES string of the molecule is CC(=O)NC(c1ccc(Cl)cc1)(c1ccc2c(c1)c(CCc1cccc(Cl)c1)cc1nnnn12)c1cncn1C. The van der Waals surface area contributed by atoms with E-state index in [2.05, 4.69) is 38.0 Å². The molecule has 200 valence electrons. The van der Waals surface area contributed by atoms with E-state index in [0.717, 1.165) is 51.7 Å². The van der Waals surface area contributed by atoms with Crippen LogP contribution >= 0.6 is 23.2 Å². The van der Waals surface area contributed by atoms with E-state index in [9.17, 15) is 4.79 Å². The zero-order chi connectivity index (χ0) is 27.9. The third kappa shape index (κ3) is 4.59. The monoisotopic (exact) mass is 569 g/mol. The zero-order valence-electron chi connectivity index (χ0n) is 21.8. The minimum Gasteiger partial charge on any atom is -0.337 e. The van der Waals surface area contributed by atoms with Crippen LogP contribution in [0.3, 0.4) is 0 Å². The van der Waals surface area contributed by atoms with E-state index in [1.165, 1.54) is 6.92 Å². The Morgan fingerprint density at radius 2 is 1.75 bits per heavy atom. The van der Waals surface area contributed by atoms with Gasteiger partial charge in [-0.1, -0.05) is 53.5 Å². The van der Waals surface area contributed by atoms with Crippen LogP contribution < -0.4 is 5.32 Å². The van der Waals surface area contributed by atoms with Gasteiger partial charge in [-0.25, -0.2) is 4.98 Å². The lowest BCUT2D eigenvalue weighted by atomic mass is 9.79. The number of pyridine rings is 1. The van der Waals surface area contributed by atoms with Gasteiger partial charge in [0.1, 0.15) is 5.54 Å². The normalized spacial score (nSPS) is 13.0. The number of aromatic nitrogens is 6. The van der Waals surface area contributed by atoms with E-state index < -0.39 is 5.54 Å². The molecule has 1 atom stereocenters. The summed E-state index contributed by atoms with van der Waals surface area (Å²) >= 11 is 12.5. The highest BCUT2D eigenvalue weighted by Gasteiger charge is 2.40. The summed E-state index contributed by atoms with van der Waals surface area (Å²) in [5.74, 6) is -0.187. The van der Waals surface area contributed by atoms with Crippen molar-refractivity contribution in [3.8, 4) is 0 Å². The molecule has 0 aliphatic heterocycles. The number of nitrogens with zero attached hydrogens (tertiary/aromatic N) is 6. The number of tetrazole rings is 1. The fraction of sp³-hybridized carbons (Fsp3) is 0.167. The van der Waals surface area contributed by atoms with Crippen LogP contribution in [0.15, 0.2) is 85.3 Å². The number of hydrogen-bond acceptors (Lipinski definition) is 5. The van der Waals surface area contributed by atoms with Gasteiger partial charge in [0.05, 0.1) is 23.7 Å². The van der Waals surface area contributed by atoms with E-state index in [1.54, 1.807) is 17.0 Å². The van der Waals surface area contributed by atoms with Gasteiger partial charge in [0.2, 0.25) is 5.91 Å². The van der Waals surface area contributed by atoms with Crippen LogP contribution in [0.1, 0.15) is 34.9 Å². The zero-order valence-corrected chi connectivity index (χ0v) is 23.4. The van der Waals surface area contributed by atoms with Crippen LogP contribution in [0.4, 0.5) is 0 Å². The molecule has 0 radical (unpaired) electrons. The van der Waals surface area contributed by atoms with Crippen molar-refractivity contribution in [3.05, 3.63) is 123 Å². The third-order valence-electron chi connectivity index (χ3n) is 7.21. The molecule has 0 aliphatic rings. The molecule has 0 aliphatic carbocycles. The predicted molar refractivity (Wildman–Crippen MR) is 156 cm³/mol. The molecule has 8 nitrogen and oxygen atoms in total. The van der Waals surface area contributed by atoms with E-state index in [-0.39, 0.29) is 5.91 Å². The maximum absolute atomic E-state index is 12.8. The number of hydrogen-bond donors (Lipinski definition) is 1. The third-order valence-corrected chi connectivity index (χ3v) is 7.70. The van der Waals surface area contributed by atoms with Crippen LogP contribution in [-0.4, -0.2) is 35.5 Å². The van der Waals surface area contributed by atoms with Crippen molar-refractivity contribution in [3.63, 3.8) is 0 Å². The van der Waals surface area contributed by atoms with Crippen molar-refractivity contribution in [1.29, 1.82) is 0 Å². The Bertz CT molecular complexity index is 1860. The minimum absolute atomic E-state index is 0.187. The molecule has 6 rings (SSSR count). The number of rotatable bonds is 7. The first-order chi connectivity index (χ1) is 19.3. The fourth-order valence-electron chi connectivity index (χ4n) is 5.43. The largest absolute Gasteiger partial charge is 0.337 e. The van der Waals surface area contributed by atoms with Gasteiger partial charge in [0.15, 0.2) is 5.65 Å². The Kier molecular flexibility index (Phi) is 6.73. The summed E-state index contributed by atoms with van der Waals surface area (Å²) in [7, 11) is 1.91. The summed E-state index contributed by atoms with van der Waals surface area (Å²) < 4.78 is 3.65. The van der Waals surface area contributed by atoms with Crippen LogP contribution in [-0.2, 0) is 30.2 Å². The van der Waals surface area contributed by atoms with Crippen molar-refractivity contribution in [1.82, 2.24) is 34.9 Å². The standard InChI is InChI=1S/C30H25Cl2N7O/c1-19(40)34-30(28-17-33-18-38(28)2,22-8-11-24(31)12-9-22)23-10-13-27-26(16-23)21(15-29-35-36-37-39(27)29)7-6-20-4-3-5-25(32)14-20/h3-5,8-18H,6-7H2,1-2H3,(H,34,40). The number of carbonyl (C=O) groups excluding carboxylic acids is 1. The van der Waals surface area contributed by atoms with Crippen LogP contribution in [0.5, 0.6) is 0 Å². The molecule has 0 fully saturated rings. The fourth-order valence-corrected chi connectivity index (χ4v) is 5.77. The van der Waals surface area contributed by atoms with Gasteiger partial charge in [0.25, 0.3) is 0 Å². The Hall–Kier alpha value is -4.27. The summed E-state index contributed by atoms with van der Waals surface area (Å²) in [6, 6.07) is 23.5. The Morgan fingerprint density at radius 1 is 0.950 bits per heavy atom. The van der Waals surface area contributed by atoms with Crippen molar-refractivity contribution < 1.29 is 4.79 Å². The molecule has 0 saturated heterocycles. The second-order valence-electron chi connectivity index (χ2n) is 9.81. The summed E-state index contributed by atoms with van der Waals surface area (Å²) in [4.78, 5) is 17.2. The Morgan fingerprint density at radius 3 is 2.48 bits per heavy atom. The van der Waals surface area contributed by atoms with Crippen molar-refractivity contribution >= 4 is 45.7 Å². The number of amides is 1. The number of fused-ring (bicyclic) bond motifs is 3. The summed E-state index contributed by atoms with van der Waals surface area (Å²) in [5, 5.41) is 17.9. The van der Waals surface area contributed by atoms with E-state index in [1.807, 2.05) is 72.3 Å². The molecule has 3 aromatic carbocycles. The van der Waals surface area contributed by atoms with Gasteiger partial charge in [-0.05, 0) is 88.0 Å². The molecule has 10 heteroatoms. The van der Waals surface area contributed by atoms with Crippen molar-refractivity contribution in [2.45, 2.75) is 25.3 Å². The number of benzene rings is 3. The van der Waals surface area contributed by atoms with E-state index in [0.29, 0.717) is 15.7 Å². The molecule has 6 aromatic rings. The Balaban J connectivity index is 1.59. The molecule has 3 aromatic heterocycles. The van der Waals surface area contributed by atoms with Gasteiger partial charge < -0.3 is 9.88 Å². The topological polar surface area (TPSA) is 90.0 Å². The molecule has 1 unspecified atom stereocenters. The number of carbonyl (C=O) groups is 1. The number of nitrogens with one attached hydrogen (secondary N) is 1. The van der Waals surface area contributed by atoms with Crippen LogP contribution in [0, 0.1) is 0 Å². The molecule has 0 spiro atoms. The Labute approximate surface area is 240 Å². The second-order valence-corrected chi connectivity index (χ2v) is 10.7. The molecule has 0 bridgehead atoms. The highest BCUT2D eigenvalue weighted by molar-refractivity contribution is 6.30. The number of halogens is 2. The molecule has 40 heavy (non-hydrogen) atoms. The van der Waals surface area contributed by atoms with Gasteiger partial charge in [0, 0.05) is 29.4 Å². The summed E-state index contributed by atoms with van der Waals surface area (Å²) in [6.07, 6.45) is 5.03. The maximum Gasteiger partial charge on any atom is 0.218 e.